The summed E-state index contributed by atoms with van der Waals surface area (Å²) in [7, 11) is 0. The second kappa shape index (κ2) is 4.10. The van der Waals surface area contributed by atoms with Gasteiger partial charge in [-0.3, -0.25) is 0 Å². The Morgan fingerprint density at radius 1 is 1.06 bits per heavy atom. The molecule has 0 N–H and O–H groups in total. The van der Waals surface area contributed by atoms with Gasteiger partial charge in [0.05, 0.1) is 0 Å². The van der Waals surface area contributed by atoms with Crippen LogP contribution in [0.5, 0.6) is 0 Å². The molecule has 0 unspecified atom stereocenters. The summed E-state index contributed by atoms with van der Waals surface area (Å²) in [6, 6.07) is 8.50. The molecule has 0 amide bonds. The van der Waals surface area contributed by atoms with E-state index in [1.165, 1.54) is 9.78 Å². The van der Waals surface area contributed by atoms with E-state index in [9.17, 15) is 0 Å². The standard InChI is InChI=1S/C14H14BrGeNO/c1-16(2,3)11-6-4-5-9-10-7-8-17-14(15)13(10)18-12(9)11/h4-8H,1-3H3. The van der Waals surface area contributed by atoms with E-state index in [1.54, 1.807) is 0 Å². The molecule has 0 aliphatic heterocycles. The Bertz CT molecular complexity index is 742. The average molecular weight is 365 g/mol. The summed E-state index contributed by atoms with van der Waals surface area (Å²) in [5.41, 5.74) is 1.90. The van der Waals surface area contributed by atoms with Gasteiger partial charge < -0.3 is 0 Å². The quantitative estimate of drug-likeness (QED) is 0.475. The summed E-state index contributed by atoms with van der Waals surface area (Å²) in [5, 5.41) is 2.34. The van der Waals surface area contributed by atoms with Gasteiger partial charge in [-0.2, -0.15) is 0 Å². The van der Waals surface area contributed by atoms with E-state index in [2.05, 4.69) is 56.4 Å². The monoisotopic (exact) mass is 365 g/mol. The van der Waals surface area contributed by atoms with E-state index >= 15 is 0 Å². The first kappa shape index (κ1) is 12.2. The Morgan fingerprint density at radius 3 is 2.50 bits per heavy atom. The molecule has 0 aliphatic carbocycles. The first-order valence-electron chi connectivity index (χ1n) is 5.95. The number of nitrogens with zero attached hydrogens (tertiary/aromatic N) is 1. The van der Waals surface area contributed by atoms with Crippen LogP contribution in [0.25, 0.3) is 21.9 Å². The summed E-state index contributed by atoms with van der Waals surface area (Å²) in [5.74, 6) is 7.15. The molecule has 18 heavy (non-hydrogen) atoms. The predicted molar refractivity (Wildman–Crippen MR) is 82.2 cm³/mol. The Balaban J connectivity index is 2.50. The predicted octanol–water partition coefficient (Wildman–Crippen LogP) is 4.29. The minimum atomic E-state index is -1.92. The van der Waals surface area contributed by atoms with Crippen molar-refractivity contribution >= 4 is 55.5 Å². The van der Waals surface area contributed by atoms with Crippen molar-refractivity contribution in [2.24, 2.45) is 0 Å². The fourth-order valence-corrected chi connectivity index (χ4v) is 5.77. The van der Waals surface area contributed by atoms with Crippen LogP contribution in [0.15, 0.2) is 39.5 Å². The van der Waals surface area contributed by atoms with Crippen LogP contribution in [-0.4, -0.2) is 18.3 Å². The molecule has 0 bridgehead atoms. The van der Waals surface area contributed by atoms with Gasteiger partial charge in [-0.1, -0.05) is 0 Å². The summed E-state index contributed by atoms with van der Waals surface area (Å²) >= 11 is 1.54. The van der Waals surface area contributed by atoms with Gasteiger partial charge in [0.1, 0.15) is 0 Å². The first-order valence-corrected chi connectivity index (χ1v) is 14.1. The van der Waals surface area contributed by atoms with Gasteiger partial charge in [0.2, 0.25) is 0 Å². The number of halogens is 1. The van der Waals surface area contributed by atoms with Gasteiger partial charge in [0, 0.05) is 0 Å². The molecule has 3 aromatic rings. The van der Waals surface area contributed by atoms with E-state index in [-0.39, 0.29) is 0 Å². The third-order valence-corrected chi connectivity index (χ3v) is 7.96. The van der Waals surface area contributed by atoms with Crippen LogP contribution in [0.3, 0.4) is 0 Å². The van der Waals surface area contributed by atoms with Crippen LogP contribution in [0, 0.1) is 0 Å². The van der Waals surface area contributed by atoms with Crippen LogP contribution in [0.2, 0.25) is 17.3 Å². The van der Waals surface area contributed by atoms with Gasteiger partial charge >= 0.3 is 117 Å². The molecule has 0 fully saturated rings. The van der Waals surface area contributed by atoms with Crippen molar-refractivity contribution in [1.29, 1.82) is 0 Å². The van der Waals surface area contributed by atoms with E-state index in [0.717, 1.165) is 21.2 Å². The molecule has 4 heteroatoms. The van der Waals surface area contributed by atoms with Crippen molar-refractivity contribution in [2.75, 3.05) is 0 Å². The Morgan fingerprint density at radius 2 is 1.78 bits per heavy atom. The number of aromatic nitrogens is 1. The molecule has 2 heterocycles. The SMILES string of the molecule is [CH3][Ge]([CH3])([CH3])[c]1cccc2c1oc1c(Br)nccc12. The summed E-state index contributed by atoms with van der Waals surface area (Å²) in [4.78, 5) is 4.23. The van der Waals surface area contributed by atoms with Gasteiger partial charge in [-0.15, -0.1) is 0 Å². The summed E-state index contributed by atoms with van der Waals surface area (Å²) < 4.78 is 8.27. The van der Waals surface area contributed by atoms with Crippen LogP contribution in [0.4, 0.5) is 0 Å². The van der Waals surface area contributed by atoms with Crippen LogP contribution >= 0.6 is 15.9 Å². The maximum atomic E-state index is 6.08. The normalized spacial score (nSPS) is 12.4. The van der Waals surface area contributed by atoms with Crippen molar-refractivity contribution in [3.05, 3.63) is 35.1 Å². The Hall–Kier alpha value is -0.807. The van der Waals surface area contributed by atoms with Crippen LogP contribution in [0.1, 0.15) is 0 Å². The van der Waals surface area contributed by atoms with Crippen molar-refractivity contribution in [1.82, 2.24) is 4.98 Å². The molecule has 0 saturated heterocycles. The number of fused-ring (bicyclic) bond motifs is 3. The number of furan rings is 1. The molecule has 92 valence electrons. The zero-order chi connectivity index (χ0) is 12.9. The molecular formula is C14H14BrGeNO. The van der Waals surface area contributed by atoms with Gasteiger partial charge in [-0.05, 0) is 0 Å². The van der Waals surface area contributed by atoms with Gasteiger partial charge in [0.25, 0.3) is 0 Å². The number of pyridine rings is 1. The van der Waals surface area contributed by atoms with Crippen molar-refractivity contribution in [2.45, 2.75) is 17.3 Å². The van der Waals surface area contributed by atoms with Crippen LogP contribution < -0.4 is 4.40 Å². The number of benzene rings is 1. The number of rotatable bonds is 1. The molecule has 1 aromatic carbocycles. The zero-order valence-corrected chi connectivity index (χ0v) is 14.3. The number of para-hydroxylation sites is 1. The van der Waals surface area contributed by atoms with Crippen molar-refractivity contribution in [3.8, 4) is 0 Å². The molecular weight excluding hydrogens is 351 g/mol. The second-order valence-corrected chi connectivity index (χ2v) is 16.8. The number of hydrogen-bond donors (Lipinski definition) is 0. The molecule has 2 aromatic heterocycles. The Labute approximate surface area is 117 Å². The average Bonchev–Trinajstić information content (AvgIpc) is 2.68. The molecule has 0 spiro atoms. The van der Waals surface area contributed by atoms with E-state index in [4.69, 9.17) is 4.42 Å². The molecule has 0 aliphatic rings. The van der Waals surface area contributed by atoms with E-state index in [0.29, 0.717) is 0 Å². The van der Waals surface area contributed by atoms with Gasteiger partial charge in [0.15, 0.2) is 0 Å². The van der Waals surface area contributed by atoms with Gasteiger partial charge in [-0.25, -0.2) is 0 Å². The van der Waals surface area contributed by atoms with E-state index < -0.39 is 13.3 Å². The Kier molecular flexibility index (Phi) is 2.79. The first-order chi connectivity index (χ1) is 8.48. The van der Waals surface area contributed by atoms with E-state index in [1.807, 2.05) is 12.3 Å². The fraction of sp³-hybridized carbons (Fsp3) is 0.214. The van der Waals surface area contributed by atoms with Crippen LogP contribution in [-0.2, 0) is 0 Å². The maximum absolute atomic E-state index is 6.08. The molecule has 0 saturated carbocycles. The third-order valence-electron chi connectivity index (χ3n) is 3.18. The summed E-state index contributed by atoms with van der Waals surface area (Å²) in [6.45, 7) is 0. The molecule has 0 radical (unpaired) electrons. The third kappa shape index (κ3) is 1.80. The topological polar surface area (TPSA) is 26.0 Å². The summed E-state index contributed by atoms with van der Waals surface area (Å²) in [6.07, 6.45) is 1.81. The fourth-order valence-electron chi connectivity index (χ4n) is 2.28. The zero-order valence-electron chi connectivity index (χ0n) is 10.6. The molecule has 0 atom stereocenters. The molecule has 3 rings (SSSR count). The second-order valence-electron chi connectivity index (χ2n) is 5.51. The van der Waals surface area contributed by atoms with Crippen molar-refractivity contribution < 1.29 is 4.42 Å². The molecule has 2 nitrogen and oxygen atoms in total. The number of hydrogen-bond acceptors (Lipinski definition) is 2. The van der Waals surface area contributed by atoms with Crippen molar-refractivity contribution in [3.63, 3.8) is 0 Å². The minimum absolute atomic E-state index is 0.781.